The summed E-state index contributed by atoms with van der Waals surface area (Å²) in [4.78, 5) is 48.9. The number of nitrogens with zero attached hydrogens (tertiary/aromatic N) is 2. The monoisotopic (exact) mass is 470 g/mol. The zero-order valence-corrected chi connectivity index (χ0v) is 17.4. The van der Waals surface area contributed by atoms with Crippen molar-refractivity contribution in [3.63, 3.8) is 0 Å². The molecule has 2 aliphatic rings. The van der Waals surface area contributed by atoms with Gasteiger partial charge in [-0.05, 0) is 13.0 Å². The van der Waals surface area contributed by atoms with Gasteiger partial charge in [-0.1, -0.05) is 6.08 Å². The molecule has 0 aromatic carbocycles. The SMILES string of the molecule is Cc1cn(C2C=CC(CO)O2)c(=O)[nH]c1=O.O=c1[nH]c(=O)n(C2CC(O)C(CO)O2)cc1F. The molecule has 14 heteroatoms. The lowest BCUT2D eigenvalue weighted by Crippen LogP contribution is -2.34. The predicted molar refractivity (Wildman–Crippen MR) is 109 cm³/mol. The molecule has 0 amide bonds. The maximum atomic E-state index is 13.0. The molecular formula is C19H23FN4O9. The summed E-state index contributed by atoms with van der Waals surface area (Å²) in [6, 6.07) is 0. The molecule has 0 aliphatic carbocycles. The Kier molecular flexibility index (Phi) is 7.55. The maximum Gasteiger partial charge on any atom is 0.330 e. The second-order valence-electron chi connectivity index (χ2n) is 7.37. The Bertz CT molecular complexity index is 1250. The van der Waals surface area contributed by atoms with Crippen LogP contribution in [0.15, 0.2) is 43.7 Å². The molecule has 5 unspecified atom stereocenters. The molecule has 0 spiro atoms. The summed E-state index contributed by atoms with van der Waals surface area (Å²) in [6.45, 7) is 1.07. The van der Waals surface area contributed by atoms with Crippen molar-refractivity contribution in [1.82, 2.24) is 19.1 Å². The van der Waals surface area contributed by atoms with Crippen molar-refractivity contribution in [3.8, 4) is 0 Å². The van der Waals surface area contributed by atoms with Crippen LogP contribution in [0.2, 0.25) is 0 Å². The van der Waals surface area contributed by atoms with Gasteiger partial charge in [0.1, 0.15) is 18.4 Å². The van der Waals surface area contributed by atoms with Crippen LogP contribution in [0.3, 0.4) is 0 Å². The first-order valence-electron chi connectivity index (χ1n) is 9.86. The first kappa shape index (κ1) is 24.5. The van der Waals surface area contributed by atoms with Gasteiger partial charge in [0.2, 0.25) is 5.82 Å². The molecular weight excluding hydrogens is 447 g/mol. The summed E-state index contributed by atoms with van der Waals surface area (Å²) in [7, 11) is 0. The summed E-state index contributed by atoms with van der Waals surface area (Å²) in [5.41, 5.74) is -2.43. The van der Waals surface area contributed by atoms with E-state index < -0.39 is 65.7 Å². The normalized spacial score (nSPS) is 26.3. The molecule has 0 saturated carbocycles. The quantitative estimate of drug-likeness (QED) is 0.304. The Morgan fingerprint density at radius 3 is 2.27 bits per heavy atom. The third-order valence-corrected chi connectivity index (χ3v) is 5.02. The standard InChI is InChI=1S/C10H12N2O4.C9H11FN2O5/c1-6-4-12(10(15)11-9(6)14)8-3-2-7(5-13)16-8;10-4-2-12(9(16)11-8(4)15)7-1-5(14)6(3-13)17-7/h2-4,7-8,13H,5H2,1H3,(H,11,14,15);2,5-7,13-14H,1,3H2,(H,11,15,16). The highest BCUT2D eigenvalue weighted by Gasteiger charge is 2.35. The van der Waals surface area contributed by atoms with Gasteiger partial charge in [0.15, 0.2) is 6.23 Å². The van der Waals surface area contributed by atoms with Crippen LogP contribution in [-0.4, -0.2) is 65.9 Å². The highest BCUT2D eigenvalue weighted by Crippen LogP contribution is 2.27. The van der Waals surface area contributed by atoms with Crippen LogP contribution in [0.25, 0.3) is 0 Å². The zero-order chi connectivity index (χ0) is 24.3. The van der Waals surface area contributed by atoms with Crippen molar-refractivity contribution in [1.29, 1.82) is 0 Å². The smallest absolute Gasteiger partial charge is 0.330 e. The Balaban J connectivity index is 0.000000186. The molecule has 4 rings (SSSR count). The Labute approximate surface area is 184 Å². The molecule has 1 fully saturated rings. The summed E-state index contributed by atoms with van der Waals surface area (Å²) >= 11 is 0. The number of nitrogens with one attached hydrogen (secondary N) is 2. The topological polar surface area (TPSA) is 189 Å². The molecule has 13 nitrogen and oxygen atoms in total. The van der Waals surface area contributed by atoms with Crippen LogP contribution in [0.1, 0.15) is 24.4 Å². The maximum absolute atomic E-state index is 13.0. The summed E-state index contributed by atoms with van der Waals surface area (Å²) < 4.78 is 25.7. The van der Waals surface area contributed by atoms with E-state index in [1.54, 1.807) is 24.1 Å². The van der Waals surface area contributed by atoms with E-state index in [4.69, 9.17) is 19.7 Å². The molecule has 1 saturated heterocycles. The Morgan fingerprint density at radius 2 is 1.67 bits per heavy atom. The number of aromatic amines is 2. The number of H-pyrrole nitrogens is 2. The lowest BCUT2D eigenvalue weighted by molar-refractivity contribution is -0.0462. The average Bonchev–Trinajstić information content (AvgIpc) is 3.40. The second kappa shape index (κ2) is 10.2. The Morgan fingerprint density at radius 1 is 1.00 bits per heavy atom. The second-order valence-corrected chi connectivity index (χ2v) is 7.37. The van der Waals surface area contributed by atoms with Crippen molar-refractivity contribution in [3.05, 3.63) is 77.6 Å². The zero-order valence-electron chi connectivity index (χ0n) is 17.4. The number of rotatable bonds is 4. The number of halogens is 1. The van der Waals surface area contributed by atoms with E-state index in [1.807, 2.05) is 0 Å². The predicted octanol–water partition coefficient (Wildman–Crippen LogP) is -2.39. The number of hydrogen-bond acceptors (Lipinski definition) is 9. The van der Waals surface area contributed by atoms with E-state index in [1.165, 1.54) is 10.8 Å². The van der Waals surface area contributed by atoms with E-state index >= 15 is 0 Å². The van der Waals surface area contributed by atoms with Crippen LogP contribution in [0.5, 0.6) is 0 Å². The van der Waals surface area contributed by atoms with Gasteiger partial charge in [-0.25, -0.2) is 9.59 Å². The molecule has 33 heavy (non-hydrogen) atoms. The molecule has 4 heterocycles. The molecule has 0 radical (unpaired) electrons. The van der Waals surface area contributed by atoms with Gasteiger partial charge in [-0.2, -0.15) is 4.39 Å². The van der Waals surface area contributed by atoms with Crippen LogP contribution < -0.4 is 22.5 Å². The lowest BCUT2D eigenvalue weighted by Gasteiger charge is -2.14. The van der Waals surface area contributed by atoms with E-state index in [-0.39, 0.29) is 13.0 Å². The third kappa shape index (κ3) is 5.43. The Hall–Kier alpha value is -3.17. The van der Waals surface area contributed by atoms with Crippen LogP contribution >= 0.6 is 0 Å². The number of aliphatic hydroxyl groups excluding tert-OH is 3. The van der Waals surface area contributed by atoms with Gasteiger partial charge >= 0.3 is 11.4 Å². The number of hydrogen-bond donors (Lipinski definition) is 5. The summed E-state index contributed by atoms with van der Waals surface area (Å²) in [6.07, 6.45) is 1.92. The third-order valence-electron chi connectivity index (χ3n) is 5.02. The van der Waals surface area contributed by atoms with Crippen LogP contribution in [0, 0.1) is 12.7 Å². The van der Waals surface area contributed by atoms with Gasteiger partial charge in [0.05, 0.1) is 25.5 Å². The van der Waals surface area contributed by atoms with E-state index in [0.717, 1.165) is 10.8 Å². The van der Waals surface area contributed by atoms with Gasteiger partial charge in [0.25, 0.3) is 11.1 Å². The number of aryl methyl sites for hydroxylation is 1. The molecule has 5 atom stereocenters. The minimum absolute atomic E-state index is 0.0383. The van der Waals surface area contributed by atoms with E-state index in [2.05, 4.69) is 4.98 Å². The van der Waals surface area contributed by atoms with Crippen molar-refractivity contribution in [2.24, 2.45) is 0 Å². The minimum atomic E-state index is -1.12. The lowest BCUT2D eigenvalue weighted by atomic mass is 10.2. The first-order chi connectivity index (χ1) is 15.6. The fraction of sp³-hybridized carbons (Fsp3) is 0.474. The number of ether oxygens (including phenoxy) is 2. The molecule has 2 aromatic rings. The van der Waals surface area contributed by atoms with E-state index in [9.17, 15) is 28.7 Å². The number of aromatic nitrogens is 4. The van der Waals surface area contributed by atoms with Crippen LogP contribution in [0.4, 0.5) is 4.39 Å². The van der Waals surface area contributed by atoms with Crippen molar-refractivity contribution < 1.29 is 29.2 Å². The van der Waals surface area contributed by atoms with Gasteiger partial charge < -0.3 is 24.8 Å². The highest BCUT2D eigenvalue weighted by atomic mass is 19.1. The van der Waals surface area contributed by atoms with Crippen molar-refractivity contribution in [2.75, 3.05) is 13.2 Å². The molecule has 2 aromatic heterocycles. The highest BCUT2D eigenvalue weighted by molar-refractivity contribution is 5.06. The average molecular weight is 470 g/mol. The van der Waals surface area contributed by atoms with E-state index in [0.29, 0.717) is 5.56 Å². The van der Waals surface area contributed by atoms with Gasteiger partial charge in [0, 0.05) is 18.2 Å². The minimum Gasteiger partial charge on any atom is -0.394 e. The number of aliphatic hydroxyl groups is 3. The molecule has 180 valence electrons. The fourth-order valence-corrected chi connectivity index (χ4v) is 3.25. The summed E-state index contributed by atoms with van der Waals surface area (Å²) in [5, 5.41) is 27.2. The molecule has 0 bridgehead atoms. The van der Waals surface area contributed by atoms with Crippen molar-refractivity contribution >= 4 is 0 Å². The largest absolute Gasteiger partial charge is 0.394 e. The van der Waals surface area contributed by atoms with Crippen LogP contribution in [-0.2, 0) is 9.47 Å². The molecule has 2 aliphatic heterocycles. The fourth-order valence-electron chi connectivity index (χ4n) is 3.25. The molecule has 5 N–H and O–H groups in total. The summed E-state index contributed by atoms with van der Waals surface area (Å²) in [5.74, 6) is -1.12. The van der Waals surface area contributed by atoms with Crippen molar-refractivity contribution in [2.45, 2.75) is 44.1 Å². The van der Waals surface area contributed by atoms with Gasteiger partial charge in [-0.3, -0.25) is 28.7 Å². The van der Waals surface area contributed by atoms with Gasteiger partial charge in [-0.15, -0.1) is 0 Å². The first-order valence-corrected chi connectivity index (χ1v) is 9.86.